The fourth-order valence-corrected chi connectivity index (χ4v) is 5.70. The number of pyridine rings is 2. The lowest BCUT2D eigenvalue weighted by atomic mass is 9.96. The fourth-order valence-electron chi connectivity index (χ4n) is 5.70. The van der Waals surface area contributed by atoms with Gasteiger partial charge in [-0.3, -0.25) is 24.4 Å². The molecule has 0 unspecified atom stereocenters. The molecule has 12 heteroatoms. The van der Waals surface area contributed by atoms with Crippen LogP contribution in [0, 0.1) is 5.82 Å². The van der Waals surface area contributed by atoms with Crippen molar-refractivity contribution >= 4 is 22.9 Å². The number of carbonyl (C=O) groups is 1. The average Bonchev–Trinajstić information content (AvgIpc) is 2.97. The van der Waals surface area contributed by atoms with E-state index in [-0.39, 0.29) is 23.3 Å². The number of piperazine rings is 1. The number of halogens is 4. The van der Waals surface area contributed by atoms with Gasteiger partial charge < -0.3 is 15.2 Å². The van der Waals surface area contributed by atoms with E-state index in [2.05, 4.69) is 25.1 Å². The van der Waals surface area contributed by atoms with Gasteiger partial charge in [0.05, 0.1) is 22.5 Å². The van der Waals surface area contributed by atoms with Crippen molar-refractivity contribution in [1.82, 2.24) is 19.8 Å². The summed E-state index contributed by atoms with van der Waals surface area (Å²) in [4.78, 5) is 37.6. The maximum Gasteiger partial charge on any atom is 0.417 e. The van der Waals surface area contributed by atoms with E-state index in [1.165, 1.54) is 12.1 Å². The predicted molar refractivity (Wildman–Crippen MR) is 157 cm³/mol. The molecule has 0 bridgehead atoms. The molecule has 228 valence electrons. The van der Waals surface area contributed by atoms with Crippen molar-refractivity contribution in [2.45, 2.75) is 45.1 Å². The van der Waals surface area contributed by atoms with Gasteiger partial charge in [-0.05, 0) is 56.7 Å². The van der Waals surface area contributed by atoms with Gasteiger partial charge in [0.2, 0.25) is 5.56 Å². The molecule has 0 saturated carbocycles. The highest BCUT2D eigenvalue weighted by Crippen LogP contribution is 2.37. The molecule has 2 N–H and O–H groups in total. The number of hydrogen-bond donors (Lipinski definition) is 2. The normalized spacial score (nSPS) is 20.2. The molecule has 43 heavy (non-hydrogen) atoms. The van der Waals surface area contributed by atoms with Crippen LogP contribution in [-0.4, -0.2) is 71.0 Å². The third-order valence-electron chi connectivity index (χ3n) is 8.28. The largest absolute Gasteiger partial charge is 0.417 e. The van der Waals surface area contributed by atoms with Crippen molar-refractivity contribution in [2.75, 3.05) is 43.4 Å². The molecule has 2 aromatic heterocycles. The zero-order chi connectivity index (χ0) is 30.9. The molecule has 5 rings (SSSR count). The van der Waals surface area contributed by atoms with Crippen LogP contribution in [0.25, 0.3) is 5.57 Å². The first-order chi connectivity index (χ1) is 20.4. The summed E-state index contributed by atoms with van der Waals surface area (Å²) in [5.74, 6) is -1.53. The van der Waals surface area contributed by atoms with E-state index in [1.807, 2.05) is 44.0 Å². The molecule has 0 spiro atoms. The number of nitrogens with zero attached hydrogens (tertiary/aromatic N) is 4. The second-order valence-corrected chi connectivity index (χ2v) is 11.3. The van der Waals surface area contributed by atoms with E-state index in [9.17, 15) is 22.8 Å². The van der Waals surface area contributed by atoms with Crippen LogP contribution in [0.15, 0.2) is 59.8 Å². The zero-order valence-corrected chi connectivity index (χ0v) is 24.2. The molecule has 0 radical (unpaired) electrons. The van der Waals surface area contributed by atoms with Crippen molar-refractivity contribution in [3.8, 4) is 0 Å². The summed E-state index contributed by atoms with van der Waals surface area (Å²) in [5, 5.41) is 2.62. The van der Waals surface area contributed by atoms with Crippen LogP contribution in [0.3, 0.4) is 0 Å². The lowest BCUT2D eigenvalue weighted by Gasteiger charge is -2.44. The Kier molecular flexibility index (Phi) is 8.70. The number of H-pyrrole nitrogens is 1. The molecule has 2 atom stereocenters. The van der Waals surface area contributed by atoms with Gasteiger partial charge in [0, 0.05) is 75.0 Å². The highest BCUT2D eigenvalue weighted by Gasteiger charge is 2.36. The number of aromatic nitrogens is 2. The van der Waals surface area contributed by atoms with E-state index in [4.69, 9.17) is 0 Å². The number of anilines is 2. The van der Waals surface area contributed by atoms with Crippen LogP contribution in [0.1, 0.15) is 47.3 Å². The van der Waals surface area contributed by atoms with Crippen molar-refractivity contribution in [2.24, 2.45) is 0 Å². The molecule has 3 aromatic rings. The molecule has 4 heterocycles. The second-order valence-electron chi connectivity index (χ2n) is 11.3. The quantitative estimate of drug-likeness (QED) is 0.389. The van der Waals surface area contributed by atoms with E-state index in [0.29, 0.717) is 50.9 Å². The van der Waals surface area contributed by atoms with Crippen molar-refractivity contribution in [1.29, 1.82) is 0 Å². The van der Waals surface area contributed by atoms with Gasteiger partial charge in [0.15, 0.2) is 0 Å². The van der Waals surface area contributed by atoms with Crippen LogP contribution in [0.5, 0.6) is 0 Å². The summed E-state index contributed by atoms with van der Waals surface area (Å²) in [5.41, 5.74) is -0.366. The highest BCUT2D eigenvalue weighted by molar-refractivity contribution is 6.07. The van der Waals surface area contributed by atoms with Gasteiger partial charge in [-0.25, -0.2) is 4.39 Å². The van der Waals surface area contributed by atoms with Crippen LogP contribution in [0.2, 0.25) is 0 Å². The van der Waals surface area contributed by atoms with Gasteiger partial charge in [-0.2, -0.15) is 13.2 Å². The fraction of sp³-hybridized carbons (Fsp3) is 0.387. The molecule has 8 nitrogen and oxygen atoms in total. The van der Waals surface area contributed by atoms with Crippen LogP contribution < -0.4 is 15.8 Å². The molecule has 1 amide bonds. The molecule has 0 aliphatic carbocycles. The van der Waals surface area contributed by atoms with Gasteiger partial charge >= 0.3 is 6.18 Å². The molecule has 1 fully saturated rings. The standard InChI is InChI=1S/C31H34F4N6O2/c1-19-16-41(17-20(2)39(19)3)28-13-26(32)23(22-6-9-40(10-7-22)18-21-5-4-8-36-14-21)11-27(28)38-30(43)24-15-37-29(42)12-25(24)31(33,34)35/h4-6,8,11-15,19-20H,7,9-10,16-18H2,1-3H3,(H,37,42)(H,38,43)/t19-,20+. The minimum atomic E-state index is -4.92. The van der Waals surface area contributed by atoms with E-state index < -0.39 is 34.6 Å². The van der Waals surface area contributed by atoms with Crippen LogP contribution in [0.4, 0.5) is 28.9 Å². The number of hydrogen-bond acceptors (Lipinski definition) is 6. The molecule has 1 aromatic carbocycles. The average molecular weight is 599 g/mol. The molecule has 1 saturated heterocycles. The van der Waals surface area contributed by atoms with Crippen molar-refractivity contribution < 1.29 is 22.4 Å². The summed E-state index contributed by atoms with van der Waals surface area (Å²) in [6.45, 7) is 7.07. The zero-order valence-electron chi connectivity index (χ0n) is 24.2. The SMILES string of the molecule is C[C@@H]1CN(c2cc(F)c(C3=CCN(Cc4cccnc4)CC3)cc2NC(=O)c2c[nH]c(=O)cc2C(F)(F)F)C[C@H](C)N1C. The van der Waals surface area contributed by atoms with Gasteiger partial charge in [0.25, 0.3) is 5.91 Å². The number of likely N-dealkylation sites (N-methyl/N-ethyl adjacent to an activating group) is 1. The summed E-state index contributed by atoms with van der Waals surface area (Å²) >= 11 is 0. The molecular formula is C31H34F4N6O2. The topological polar surface area (TPSA) is 84.6 Å². The minimum absolute atomic E-state index is 0.109. The third kappa shape index (κ3) is 6.80. The Bertz CT molecular complexity index is 1560. The van der Waals surface area contributed by atoms with Crippen LogP contribution in [-0.2, 0) is 12.7 Å². The molecular weight excluding hydrogens is 564 g/mol. The van der Waals surface area contributed by atoms with Gasteiger partial charge in [-0.15, -0.1) is 0 Å². The summed E-state index contributed by atoms with van der Waals surface area (Å²) in [6, 6.07) is 7.32. The minimum Gasteiger partial charge on any atom is -0.367 e. The maximum absolute atomic E-state index is 15.8. The first kappa shape index (κ1) is 30.4. The number of nitrogens with one attached hydrogen (secondary N) is 2. The Morgan fingerprint density at radius 2 is 1.91 bits per heavy atom. The Morgan fingerprint density at radius 3 is 2.53 bits per heavy atom. The van der Waals surface area contributed by atoms with Crippen molar-refractivity contribution in [3.05, 3.63) is 93.4 Å². The number of amides is 1. The van der Waals surface area contributed by atoms with E-state index >= 15 is 4.39 Å². The molecule has 2 aliphatic heterocycles. The third-order valence-corrected chi connectivity index (χ3v) is 8.28. The molecule has 2 aliphatic rings. The predicted octanol–water partition coefficient (Wildman–Crippen LogP) is 5.00. The lowest BCUT2D eigenvalue weighted by Crippen LogP contribution is -2.55. The van der Waals surface area contributed by atoms with Crippen molar-refractivity contribution in [3.63, 3.8) is 0 Å². The number of rotatable bonds is 6. The second kappa shape index (κ2) is 12.3. The lowest BCUT2D eigenvalue weighted by molar-refractivity contribution is -0.138. The summed E-state index contributed by atoms with van der Waals surface area (Å²) < 4.78 is 57.0. The summed E-state index contributed by atoms with van der Waals surface area (Å²) in [6.07, 6.45) is 1.84. The van der Waals surface area contributed by atoms with Gasteiger partial charge in [0.1, 0.15) is 5.82 Å². The highest BCUT2D eigenvalue weighted by atomic mass is 19.4. The van der Waals surface area contributed by atoms with E-state index in [1.54, 1.807) is 12.4 Å². The number of benzene rings is 1. The Labute approximate surface area is 247 Å². The number of alkyl halides is 3. The van der Waals surface area contributed by atoms with Gasteiger partial charge in [-0.1, -0.05) is 12.1 Å². The van der Waals surface area contributed by atoms with Crippen LogP contribution >= 0.6 is 0 Å². The monoisotopic (exact) mass is 598 g/mol. The maximum atomic E-state index is 15.8. The first-order valence-electron chi connectivity index (χ1n) is 14.1. The Morgan fingerprint density at radius 1 is 1.16 bits per heavy atom. The summed E-state index contributed by atoms with van der Waals surface area (Å²) in [7, 11) is 2.00. The first-order valence-corrected chi connectivity index (χ1v) is 14.1. The Balaban J connectivity index is 1.49. The number of carbonyl (C=O) groups excluding carboxylic acids is 1. The smallest absolute Gasteiger partial charge is 0.367 e. The van der Waals surface area contributed by atoms with E-state index in [0.717, 1.165) is 17.3 Å². The Hall–Kier alpha value is -4.03. The number of aromatic amines is 1.